The highest BCUT2D eigenvalue weighted by Gasteiger charge is 2.44. The summed E-state index contributed by atoms with van der Waals surface area (Å²) in [5.74, 6) is -1.01. The van der Waals surface area contributed by atoms with E-state index in [4.69, 9.17) is 9.47 Å². The molecule has 198 valence electrons. The molecule has 2 aliphatic heterocycles. The topological polar surface area (TPSA) is 83.3 Å². The van der Waals surface area contributed by atoms with Gasteiger partial charge in [-0.15, -0.1) is 0 Å². The minimum absolute atomic E-state index is 0.0147. The number of rotatable bonds is 10. The van der Waals surface area contributed by atoms with Gasteiger partial charge in [-0.25, -0.2) is 0 Å². The van der Waals surface area contributed by atoms with Crippen LogP contribution < -0.4 is 14.7 Å². The SMILES string of the molecule is CCCCOc1ccc(C([O-])=C2C(=O)C(=O)N(CCC[NH+]3CCOCC3)C2c2cccc(Br)c2)cc1C. The van der Waals surface area contributed by atoms with Crippen LogP contribution in [0.5, 0.6) is 5.75 Å². The van der Waals surface area contributed by atoms with E-state index >= 15 is 0 Å². The maximum Gasteiger partial charge on any atom is 0.295 e. The molecule has 1 N–H and O–H groups in total. The van der Waals surface area contributed by atoms with Crippen LogP contribution in [-0.4, -0.2) is 62.6 Å². The van der Waals surface area contributed by atoms with E-state index in [0.717, 1.165) is 73.5 Å². The number of benzene rings is 2. The normalized spacial score (nSPS) is 20.0. The van der Waals surface area contributed by atoms with E-state index in [1.54, 1.807) is 23.1 Å². The summed E-state index contributed by atoms with van der Waals surface area (Å²) in [4.78, 5) is 29.5. The molecule has 4 rings (SSSR count). The fourth-order valence-electron chi connectivity index (χ4n) is 4.97. The zero-order valence-corrected chi connectivity index (χ0v) is 23.1. The second-order valence-corrected chi connectivity index (χ2v) is 10.6. The Balaban J connectivity index is 1.64. The molecule has 1 unspecified atom stereocenters. The second kappa shape index (κ2) is 12.7. The molecule has 0 spiro atoms. The molecule has 2 aromatic carbocycles. The van der Waals surface area contributed by atoms with Crippen molar-refractivity contribution in [1.29, 1.82) is 0 Å². The number of carbonyl (C=O) groups is 2. The number of hydrogen-bond donors (Lipinski definition) is 1. The van der Waals surface area contributed by atoms with Crippen molar-refractivity contribution >= 4 is 33.4 Å². The van der Waals surface area contributed by atoms with Crippen molar-refractivity contribution in [3.8, 4) is 5.75 Å². The number of nitrogens with one attached hydrogen (secondary N) is 1. The largest absolute Gasteiger partial charge is 0.872 e. The van der Waals surface area contributed by atoms with Gasteiger partial charge in [-0.1, -0.05) is 53.2 Å². The van der Waals surface area contributed by atoms with Gasteiger partial charge in [0.25, 0.3) is 5.91 Å². The molecule has 2 saturated heterocycles. The first-order valence-electron chi connectivity index (χ1n) is 13.1. The van der Waals surface area contributed by atoms with Gasteiger partial charge in [0.15, 0.2) is 0 Å². The van der Waals surface area contributed by atoms with Crippen LogP contribution in [0.25, 0.3) is 5.76 Å². The average Bonchev–Trinajstić information content (AvgIpc) is 3.15. The summed E-state index contributed by atoms with van der Waals surface area (Å²) >= 11 is 3.50. The molecule has 2 aliphatic rings. The Labute approximate surface area is 227 Å². The van der Waals surface area contributed by atoms with Crippen LogP contribution in [0, 0.1) is 6.92 Å². The van der Waals surface area contributed by atoms with E-state index in [0.29, 0.717) is 18.7 Å². The number of carbonyl (C=O) groups excluding carboxylic acids is 2. The number of Topliss-reactive ketones (excluding diaryl/α,β-unsaturated/α-hetero) is 1. The molecule has 2 fully saturated rings. The highest BCUT2D eigenvalue weighted by Crippen LogP contribution is 2.39. The summed E-state index contributed by atoms with van der Waals surface area (Å²) in [5, 5.41) is 13.8. The van der Waals surface area contributed by atoms with Crippen molar-refractivity contribution in [2.24, 2.45) is 0 Å². The highest BCUT2D eigenvalue weighted by molar-refractivity contribution is 9.10. The number of likely N-dealkylation sites (tertiary alicyclic amines) is 1. The van der Waals surface area contributed by atoms with E-state index in [9.17, 15) is 14.7 Å². The number of hydrogen-bond acceptors (Lipinski definition) is 5. The van der Waals surface area contributed by atoms with Crippen LogP contribution in [0.3, 0.4) is 0 Å². The lowest BCUT2D eigenvalue weighted by molar-refractivity contribution is -0.908. The third-order valence-corrected chi connectivity index (χ3v) is 7.51. The van der Waals surface area contributed by atoms with Crippen molar-refractivity contribution in [3.05, 3.63) is 69.2 Å². The van der Waals surface area contributed by atoms with Crippen LogP contribution in [0.2, 0.25) is 0 Å². The lowest BCUT2D eigenvalue weighted by Gasteiger charge is -2.29. The number of unbranched alkanes of at least 4 members (excludes halogenated alkanes) is 1. The van der Waals surface area contributed by atoms with Gasteiger partial charge in [0.05, 0.1) is 32.4 Å². The van der Waals surface area contributed by atoms with Gasteiger partial charge in [-0.3, -0.25) is 9.59 Å². The molecule has 1 atom stereocenters. The van der Waals surface area contributed by atoms with Gasteiger partial charge < -0.3 is 24.4 Å². The van der Waals surface area contributed by atoms with Gasteiger partial charge >= 0.3 is 0 Å². The van der Waals surface area contributed by atoms with E-state index < -0.39 is 23.5 Å². The van der Waals surface area contributed by atoms with E-state index in [1.807, 2.05) is 31.2 Å². The van der Waals surface area contributed by atoms with Gasteiger partial charge in [0.2, 0.25) is 5.78 Å². The fourth-order valence-corrected chi connectivity index (χ4v) is 5.39. The molecule has 37 heavy (non-hydrogen) atoms. The van der Waals surface area contributed by atoms with Crippen molar-refractivity contribution in [3.63, 3.8) is 0 Å². The van der Waals surface area contributed by atoms with Crippen LogP contribution in [0.4, 0.5) is 0 Å². The molecule has 2 aromatic rings. The van der Waals surface area contributed by atoms with E-state index in [2.05, 4.69) is 22.9 Å². The number of quaternary nitrogens is 1. The third-order valence-electron chi connectivity index (χ3n) is 7.02. The molecule has 7 nitrogen and oxygen atoms in total. The summed E-state index contributed by atoms with van der Waals surface area (Å²) in [6.45, 7) is 9.25. The maximum absolute atomic E-state index is 13.8. The first-order chi connectivity index (χ1) is 17.9. The summed E-state index contributed by atoms with van der Waals surface area (Å²) in [6, 6.07) is 12.0. The number of aryl methyl sites for hydroxylation is 1. The molecule has 0 saturated carbocycles. The number of ketones is 1. The summed E-state index contributed by atoms with van der Waals surface area (Å²) in [5.41, 5.74) is 1.97. The number of nitrogens with zero attached hydrogens (tertiary/aromatic N) is 1. The van der Waals surface area contributed by atoms with Crippen molar-refractivity contribution in [2.45, 2.75) is 39.2 Å². The summed E-state index contributed by atoms with van der Waals surface area (Å²) in [7, 11) is 0. The van der Waals surface area contributed by atoms with Gasteiger partial charge in [-0.05, 0) is 54.3 Å². The minimum Gasteiger partial charge on any atom is -0.872 e. The fraction of sp³-hybridized carbons (Fsp3) is 0.448. The van der Waals surface area contributed by atoms with Crippen LogP contribution in [0.1, 0.15) is 48.9 Å². The van der Waals surface area contributed by atoms with E-state index in [-0.39, 0.29) is 5.57 Å². The van der Waals surface area contributed by atoms with Crippen LogP contribution >= 0.6 is 15.9 Å². The zero-order chi connectivity index (χ0) is 26.4. The number of ether oxygens (including phenoxy) is 2. The molecule has 0 aromatic heterocycles. The Hall–Kier alpha value is -2.68. The minimum atomic E-state index is -0.717. The Morgan fingerprint density at radius 3 is 2.65 bits per heavy atom. The summed E-state index contributed by atoms with van der Waals surface area (Å²) in [6.07, 6.45) is 2.72. The molecule has 2 heterocycles. The van der Waals surface area contributed by atoms with Gasteiger partial charge in [0, 0.05) is 23.0 Å². The van der Waals surface area contributed by atoms with Crippen molar-refractivity contribution in [2.75, 3.05) is 46.0 Å². The predicted molar refractivity (Wildman–Crippen MR) is 143 cm³/mol. The predicted octanol–water partition coefficient (Wildman–Crippen LogP) is 2.47. The monoisotopic (exact) mass is 570 g/mol. The third kappa shape index (κ3) is 6.43. The molecular weight excluding hydrogens is 536 g/mol. The Morgan fingerprint density at radius 1 is 1.16 bits per heavy atom. The van der Waals surface area contributed by atoms with Crippen LogP contribution in [0.15, 0.2) is 52.5 Å². The summed E-state index contributed by atoms with van der Waals surface area (Å²) < 4.78 is 12.1. The molecular formula is C29H35BrN2O5. The molecule has 0 bridgehead atoms. The number of morpholine rings is 1. The van der Waals surface area contributed by atoms with Crippen molar-refractivity contribution in [1.82, 2.24) is 4.90 Å². The number of amides is 1. The second-order valence-electron chi connectivity index (χ2n) is 9.68. The first kappa shape index (κ1) is 27.4. The lowest BCUT2D eigenvalue weighted by Crippen LogP contribution is -3.14. The van der Waals surface area contributed by atoms with Crippen LogP contribution in [-0.2, 0) is 14.3 Å². The quantitative estimate of drug-likeness (QED) is 0.205. The standard InChI is InChI=1S/C29H35BrN2O5/c1-3-4-15-37-24-10-9-22(18-20(24)2)27(33)25-26(21-7-5-8-23(30)19-21)32(29(35)28(25)34)12-6-11-31-13-16-36-17-14-31/h5,7-10,18-19,26,33H,3-4,6,11-17H2,1-2H3. The molecule has 8 heteroatoms. The Morgan fingerprint density at radius 2 is 1.95 bits per heavy atom. The molecule has 0 radical (unpaired) electrons. The smallest absolute Gasteiger partial charge is 0.295 e. The average molecular weight is 572 g/mol. The Bertz CT molecular complexity index is 1160. The Kier molecular flexibility index (Phi) is 9.40. The molecule has 0 aliphatic carbocycles. The highest BCUT2D eigenvalue weighted by atomic mass is 79.9. The molecule has 1 amide bonds. The lowest BCUT2D eigenvalue weighted by atomic mass is 9.94. The maximum atomic E-state index is 13.8. The first-order valence-corrected chi connectivity index (χ1v) is 13.9. The number of halogens is 1. The van der Waals surface area contributed by atoms with Gasteiger partial charge in [-0.2, -0.15) is 0 Å². The zero-order valence-electron chi connectivity index (χ0n) is 21.6. The van der Waals surface area contributed by atoms with Crippen molar-refractivity contribution < 1.29 is 29.1 Å². The van der Waals surface area contributed by atoms with E-state index in [1.165, 1.54) is 4.90 Å². The van der Waals surface area contributed by atoms with Gasteiger partial charge in [0.1, 0.15) is 18.8 Å².